The Labute approximate surface area is 125 Å². The van der Waals surface area contributed by atoms with Crippen molar-refractivity contribution in [2.45, 2.75) is 0 Å². The van der Waals surface area contributed by atoms with Crippen LogP contribution in [-0.2, 0) is 0 Å². The highest BCUT2D eigenvalue weighted by Gasteiger charge is 2.07. The lowest BCUT2D eigenvalue weighted by atomic mass is 10.1. The van der Waals surface area contributed by atoms with Crippen LogP contribution in [0.15, 0.2) is 48.8 Å². The van der Waals surface area contributed by atoms with E-state index in [1.165, 1.54) is 0 Å². The zero-order valence-corrected chi connectivity index (χ0v) is 11.8. The number of ether oxygens (including phenoxy) is 1. The van der Waals surface area contributed by atoms with Gasteiger partial charge in [0.05, 0.1) is 0 Å². The summed E-state index contributed by atoms with van der Waals surface area (Å²) in [4.78, 5) is 4.07. The van der Waals surface area contributed by atoms with E-state index in [1.807, 2.05) is 12.1 Å². The van der Waals surface area contributed by atoms with E-state index < -0.39 is 0 Å². The van der Waals surface area contributed by atoms with Gasteiger partial charge >= 0.3 is 0 Å². The Balaban J connectivity index is 2.09. The average molecular weight is 305 g/mol. The summed E-state index contributed by atoms with van der Waals surface area (Å²) >= 11 is 11.9. The van der Waals surface area contributed by atoms with Crippen LogP contribution in [0.1, 0.15) is 0 Å². The maximum absolute atomic E-state index is 5.97. The number of hydrogen-bond acceptors (Lipinski definition) is 3. The second-order valence-corrected chi connectivity index (χ2v) is 5.15. The predicted molar refractivity (Wildman–Crippen MR) is 82.7 cm³/mol. The second kappa shape index (κ2) is 5.19. The van der Waals surface area contributed by atoms with E-state index in [0.29, 0.717) is 27.2 Å². The summed E-state index contributed by atoms with van der Waals surface area (Å²) in [5.74, 6) is 1.25. The average Bonchev–Trinajstić information content (AvgIpc) is 2.41. The molecule has 2 N–H and O–H groups in total. The summed E-state index contributed by atoms with van der Waals surface area (Å²) in [5.41, 5.74) is 6.59. The molecule has 1 aromatic heterocycles. The second-order valence-electron chi connectivity index (χ2n) is 4.28. The van der Waals surface area contributed by atoms with E-state index in [1.54, 1.807) is 36.7 Å². The van der Waals surface area contributed by atoms with Gasteiger partial charge in [-0.05, 0) is 36.4 Å². The Bertz CT molecular complexity index is 770. The summed E-state index contributed by atoms with van der Waals surface area (Å²) in [5, 5.41) is 2.78. The number of anilines is 1. The Hall–Kier alpha value is -1.97. The van der Waals surface area contributed by atoms with Crippen LogP contribution >= 0.6 is 23.2 Å². The van der Waals surface area contributed by atoms with Crippen LogP contribution < -0.4 is 10.5 Å². The summed E-state index contributed by atoms with van der Waals surface area (Å²) < 4.78 is 5.86. The molecule has 0 amide bonds. The monoisotopic (exact) mass is 304 g/mol. The van der Waals surface area contributed by atoms with Crippen LogP contribution in [0.25, 0.3) is 10.8 Å². The van der Waals surface area contributed by atoms with Gasteiger partial charge in [-0.1, -0.05) is 23.2 Å². The molecule has 20 heavy (non-hydrogen) atoms. The molecule has 0 spiro atoms. The van der Waals surface area contributed by atoms with Crippen molar-refractivity contribution in [1.82, 2.24) is 4.98 Å². The van der Waals surface area contributed by atoms with Crippen LogP contribution in [0.4, 0.5) is 5.69 Å². The van der Waals surface area contributed by atoms with Gasteiger partial charge in [-0.3, -0.25) is 4.98 Å². The third-order valence-corrected chi connectivity index (χ3v) is 3.31. The topological polar surface area (TPSA) is 48.1 Å². The SMILES string of the molecule is Nc1ccc(Oc2cc(Cl)cc(Cl)c2)c2ccncc12. The van der Waals surface area contributed by atoms with E-state index in [0.717, 1.165) is 10.8 Å². The van der Waals surface area contributed by atoms with Gasteiger partial charge < -0.3 is 10.5 Å². The molecule has 3 nitrogen and oxygen atoms in total. The van der Waals surface area contributed by atoms with Crippen molar-refractivity contribution in [3.05, 3.63) is 58.8 Å². The fourth-order valence-corrected chi connectivity index (χ4v) is 2.49. The first kappa shape index (κ1) is 13.0. The Morgan fingerprint density at radius 3 is 2.45 bits per heavy atom. The molecule has 0 saturated heterocycles. The van der Waals surface area contributed by atoms with Crippen LogP contribution in [0.2, 0.25) is 10.0 Å². The molecular weight excluding hydrogens is 295 g/mol. The molecule has 0 fully saturated rings. The lowest BCUT2D eigenvalue weighted by molar-refractivity contribution is 0.488. The molecule has 0 unspecified atom stereocenters. The van der Waals surface area contributed by atoms with Crippen molar-refractivity contribution in [3.63, 3.8) is 0 Å². The minimum absolute atomic E-state index is 0.522. The first-order chi connectivity index (χ1) is 9.63. The van der Waals surface area contributed by atoms with Gasteiger partial charge in [-0.25, -0.2) is 0 Å². The molecule has 0 aliphatic carbocycles. The first-order valence-electron chi connectivity index (χ1n) is 5.89. The highest BCUT2D eigenvalue weighted by Crippen LogP contribution is 2.34. The van der Waals surface area contributed by atoms with Gasteiger partial charge in [-0.2, -0.15) is 0 Å². The maximum Gasteiger partial charge on any atom is 0.135 e. The fourth-order valence-electron chi connectivity index (χ4n) is 1.99. The lowest BCUT2D eigenvalue weighted by Gasteiger charge is -2.10. The Morgan fingerprint density at radius 1 is 0.950 bits per heavy atom. The molecule has 0 saturated carbocycles. The zero-order chi connectivity index (χ0) is 14.1. The number of nitrogen functional groups attached to an aromatic ring is 1. The first-order valence-corrected chi connectivity index (χ1v) is 6.65. The molecule has 3 aromatic rings. The van der Waals surface area contributed by atoms with Crippen molar-refractivity contribution >= 4 is 39.7 Å². The largest absolute Gasteiger partial charge is 0.457 e. The van der Waals surface area contributed by atoms with Crippen molar-refractivity contribution in [2.75, 3.05) is 5.73 Å². The number of rotatable bonds is 2. The number of aromatic nitrogens is 1. The molecule has 0 bridgehead atoms. The minimum Gasteiger partial charge on any atom is -0.457 e. The van der Waals surface area contributed by atoms with Gasteiger partial charge in [0.25, 0.3) is 0 Å². The van der Waals surface area contributed by atoms with Crippen molar-refractivity contribution in [1.29, 1.82) is 0 Å². The third-order valence-electron chi connectivity index (χ3n) is 2.88. The summed E-state index contributed by atoms with van der Waals surface area (Å²) in [6, 6.07) is 10.5. The summed E-state index contributed by atoms with van der Waals surface area (Å²) in [6.45, 7) is 0. The van der Waals surface area contributed by atoms with E-state index in [2.05, 4.69) is 4.98 Å². The summed E-state index contributed by atoms with van der Waals surface area (Å²) in [6.07, 6.45) is 3.40. The molecule has 3 rings (SSSR count). The van der Waals surface area contributed by atoms with Crippen molar-refractivity contribution in [2.24, 2.45) is 0 Å². The fraction of sp³-hybridized carbons (Fsp3) is 0. The summed E-state index contributed by atoms with van der Waals surface area (Å²) in [7, 11) is 0. The molecule has 5 heteroatoms. The number of nitrogens with two attached hydrogens (primary N) is 1. The van der Waals surface area contributed by atoms with E-state index in [9.17, 15) is 0 Å². The number of fused-ring (bicyclic) bond motifs is 1. The third kappa shape index (κ3) is 2.50. The molecule has 0 aliphatic heterocycles. The van der Waals surface area contributed by atoms with E-state index in [4.69, 9.17) is 33.7 Å². The molecule has 1 heterocycles. The number of pyridine rings is 1. The molecule has 2 aromatic carbocycles. The minimum atomic E-state index is 0.522. The van der Waals surface area contributed by atoms with Gasteiger partial charge in [-0.15, -0.1) is 0 Å². The highest BCUT2D eigenvalue weighted by molar-refractivity contribution is 6.34. The van der Waals surface area contributed by atoms with E-state index >= 15 is 0 Å². The lowest BCUT2D eigenvalue weighted by Crippen LogP contribution is -1.91. The molecule has 0 radical (unpaired) electrons. The standard InChI is InChI=1S/C15H10Cl2N2O/c16-9-5-10(17)7-11(6-9)20-15-2-1-14(18)13-8-19-4-3-12(13)15/h1-8H,18H2. The Kier molecular flexibility index (Phi) is 3.38. The van der Waals surface area contributed by atoms with Crippen LogP contribution in [0.5, 0.6) is 11.5 Å². The number of halogens is 2. The Morgan fingerprint density at radius 2 is 1.70 bits per heavy atom. The van der Waals surface area contributed by atoms with Gasteiger partial charge in [0.15, 0.2) is 0 Å². The normalized spacial score (nSPS) is 10.7. The number of benzene rings is 2. The van der Waals surface area contributed by atoms with Crippen LogP contribution in [0.3, 0.4) is 0 Å². The number of hydrogen-bond donors (Lipinski definition) is 1. The quantitative estimate of drug-likeness (QED) is 0.684. The van der Waals surface area contributed by atoms with E-state index in [-0.39, 0.29) is 0 Å². The predicted octanol–water partition coefficient (Wildman–Crippen LogP) is 4.92. The van der Waals surface area contributed by atoms with Gasteiger partial charge in [0.1, 0.15) is 11.5 Å². The van der Waals surface area contributed by atoms with Crippen LogP contribution in [0, 0.1) is 0 Å². The maximum atomic E-state index is 5.97. The van der Waals surface area contributed by atoms with Crippen LogP contribution in [-0.4, -0.2) is 4.98 Å². The molecule has 0 aliphatic rings. The molecule has 0 atom stereocenters. The van der Waals surface area contributed by atoms with Crippen molar-refractivity contribution < 1.29 is 4.74 Å². The molecule has 100 valence electrons. The highest BCUT2D eigenvalue weighted by atomic mass is 35.5. The van der Waals surface area contributed by atoms with Gasteiger partial charge in [0, 0.05) is 38.9 Å². The smallest absolute Gasteiger partial charge is 0.135 e. The zero-order valence-electron chi connectivity index (χ0n) is 10.3. The molecular formula is C15H10Cl2N2O. The number of nitrogens with zero attached hydrogens (tertiary/aromatic N) is 1. The van der Waals surface area contributed by atoms with Crippen molar-refractivity contribution in [3.8, 4) is 11.5 Å². The van der Waals surface area contributed by atoms with Gasteiger partial charge in [0.2, 0.25) is 0 Å².